The maximum Gasteiger partial charge on any atom is 0.220 e. The molecule has 0 fully saturated rings. The van der Waals surface area contributed by atoms with Crippen molar-refractivity contribution in [2.75, 3.05) is 6.54 Å². The molecule has 1 rings (SSSR count). The van der Waals surface area contributed by atoms with Gasteiger partial charge in [-0.2, -0.15) is 0 Å². The van der Waals surface area contributed by atoms with Crippen molar-refractivity contribution in [3.8, 4) is 0 Å². The first-order valence-electron chi connectivity index (χ1n) is 10.4. The second kappa shape index (κ2) is 16.6. The van der Waals surface area contributed by atoms with E-state index in [4.69, 9.17) is 0 Å². The second-order valence-corrected chi connectivity index (χ2v) is 6.80. The number of amides is 1. The SMILES string of the molecule is CCCC/C=C\C/C=C\CCCCCCCC(=O)NCCc1cnc[nH]1. The van der Waals surface area contributed by atoms with Gasteiger partial charge in [-0.1, -0.05) is 63.3 Å². The van der Waals surface area contributed by atoms with Gasteiger partial charge in [-0.25, -0.2) is 4.98 Å². The van der Waals surface area contributed by atoms with Crippen LogP contribution in [0.25, 0.3) is 0 Å². The van der Waals surface area contributed by atoms with E-state index in [2.05, 4.69) is 46.5 Å². The minimum absolute atomic E-state index is 0.166. The van der Waals surface area contributed by atoms with Gasteiger partial charge in [0.2, 0.25) is 5.91 Å². The number of hydrogen-bond donors (Lipinski definition) is 2. The molecular formula is C22H37N3O. The van der Waals surface area contributed by atoms with Crippen LogP contribution in [-0.4, -0.2) is 22.4 Å². The Kier molecular flexibility index (Phi) is 14.2. The fraction of sp³-hybridized carbons (Fsp3) is 0.636. The molecule has 4 nitrogen and oxygen atoms in total. The molecule has 0 atom stereocenters. The van der Waals surface area contributed by atoms with E-state index in [1.807, 2.05) is 0 Å². The first-order valence-corrected chi connectivity index (χ1v) is 10.4. The van der Waals surface area contributed by atoms with Crippen molar-refractivity contribution < 1.29 is 4.79 Å². The van der Waals surface area contributed by atoms with E-state index in [1.54, 1.807) is 12.5 Å². The van der Waals surface area contributed by atoms with Gasteiger partial charge in [0.05, 0.1) is 6.33 Å². The van der Waals surface area contributed by atoms with Gasteiger partial charge < -0.3 is 10.3 Å². The lowest BCUT2D eigenvalue weighted by atomic mass is 10.1. The van der Waals surface area contributed by atoms with Crippen LogP contribution in [0.1, 0.15) is 83.2 Å². The Balaban J connectivity index is 1.82. The molecule has 0 aliphatic carbocycles. The molecule has 0 saturated heterocycles. The number of imidazole rings is 1. The summed E-state index contributed by atoms with van der Waals surface area (Å²) >= 11 is 0. The van der Waals surface area contributed by atoms with Gasteiger partial charge in [-0.15, -0.1) is 0 Å². The summed E-state index contributed by atoms with van der Waals surface area (Å²) in [4.78, 5) is 18.7. The number of nitrogens with one attached hydrogen (secondary N) is 2. The third-order valence-electron chi connectivity index (χ3n) is 4.38. The second-order valence-electron chi connectivity index (χ2n) is 6.80. The van der Waals surface area contributed by atoms with Crippen molar-refractivity contribution in [3.05, 3.63) is 42.5 Å². The highest BCUT2D eigenvalue weighted by molar-refractivity contribution is 5.75. The molecule has 0 aliphatic heterocycles. The monoisotopic (exact) mass is 359 g/mol. The number of rotatable bonds is 16. The topological polar surface area (TPSA) is 57.8 Å². The van der Waals surface area contributed by atoms with Gasteiger partial charge in [0.15, 0.2) is 0 Å². The predicted molar refractivity (Wildman–Crippen MR) is 110 cm³/mol. The van der Waals surface area contributed by atoms with Crippen molar-refractivity contribution in [1.82, 2.24) is 15.3 Å². The van der Waals surface area contributed by atoms with Gasteiger partial charge in [-0.05, 0) is 32.1 Å². The van der Waals surface area contributed by atoms with E-state index in [9.17, 15) is 4.79 Å². The first-order chi connectivity index (χ1) is 12.8. The van der Waals surface area contributed by atoms with E-state index in [1.165, 1.54) is 44.9 Å². The predicted octanol–water partition coefficient (Wildman–Crippen LogP) is 5.49. The van der Waals surface area contributed by atoms with Crippen LogP contribution in [0.2, 0.25) is 0 Å². The summed E-state index contributed by atoms with van der Waals surface area (Å²) in [7, 11) is 0. The number of nitrogens with zero attached hydrogens (tertiary/aromatic N) is 1. The summed E-state index contributed by atoms with van der Waals surface area (Å²) in [6.07, 6.45) is 26.0. The summed E-state index contributed by atoms with van der Waals surface area (Å²) in [6.45, 7) is 2.91. The molecule has 146 valence electrons. The number of carbonyl (C=O) groups is 1. The highest BCUT2D eigenvalue weighted by Gasteiger charge is 2.01. The Morgan fingerprint density at radius 3 is 2.50 bits per heavy atom. The van der Waals surface area contributed by atoms with Crippen LogP contribution in [0.15, 0.2) is 36.8 Å². The summed E-state index contributed by atoms with van der Waals surface area (Å²) in [5.41, 5.74) is 1.06. The Morgan fingerprint density at radius 2 is 1.77 bits per heavy atom. The van der Waals surface area contributed by atoms with Crippen LogP contribution in [0.3, 0.4) is 0 Å². The number of hydrogen-bond acceptors (Lipinski definition) is 2. The summed E-state index contributed by atoms with van der Waals surface area (Å²) in [6, 6.07) is 0. The molecule has 0 spiro atoms. The lowest BCUT2D eigenvalue weighted by Gasteiger charge is -2.04. The van der Waals surface area contributed by atoms with Gasteiger partial charge in [0.25, 0.3) is 0 Å². The van der Waals surface area contributed by atoms with Gasteiger partial charge in [-0.3, -0.25) is 4.79 Å². The van der Waals surface area contributed by atoms with Crippen molar-refractivity contribution in [3.63, 3.8) is 0 Å². The van der Waals surface area contributed by atoms with Gasteiger partial charge >= 0.3 is 0 Å². The van der Waals surface area contributed by atoms with Crippen molar-refractivity contribution >= 4 is 5.91 Å². The third kappa shape index (κ3) is 13.5. The maximum atomic E-state index is 11.7. The molecule has 1 aromatic rings. The molecule has 4 heteroatoms. The number of H-pyrrole nitrogens is 1. The Labute approximate surface area is 159 Å². The molecule has 1 aromatic heterocycles. The van der Waals surface area contributed by atoms with Crippen LogP contribution in [0.4, 0.5) is 0 Å². The number of aromatic nitrogens is 2. The van der Waals surface area contributed by atoms with Crippen LogP contribution in [-0.2, 0) is 11.2 Å². The fourth-order valence-corrected chi connectivity index (χ4v) is 2.75. The highest BCUT2D eigenvalue weighted by atomic mass is 16.1. The molecule has 0 bridgehead atoms. The molecule has 0 aromatic carbocycles. The van der Waals surface area contributed by atoms with E-state index < -0.39 is 0 Å². The van der Waals surface area contributed by atoms with Crippen molar-refractivity contribution in [1.29, 1.82) is 0 Å². The minimum atomic E-state index is 0.166. The number of unbranched alkanes of at least 4 members (excludes halogenated alkanes) is 7. The molecule has 2 N–H and O–H groups in total. The quantitative estimate of drug-likeness (QED) is 0.303. The smallest absolute Gasteiger partial charge is 0.220 e. The highest BCUT2D eigenvalue weighted by Crippen LogP contribution is 2.08. The van der Waals surface area contributed by atoms with Crippen molar-refractivity contribution in [2.45, 2.75) is 84.0 Å². The number of allylic oxidation sites excluding steroid dienone is 4. The lowest BCUT2D eigenvalue weighted by molar-refractivity contribution is -0.121. The van der Waals surface area contributed by atoms with Crippen LogP contribution in [0, 0.1) is 0 Å². The van der Waals surface area contributed by atoms with Gasteiger partial charge in [0, 0.05) is 31.3 Å². The van der Waals surface area contributed by atoms with Crippen LogP contribution < -0.4 is 5.32 Å². The molecule has 0 aliphatic rings. The maximum absolute atomic E-state index is 11.7. The molecule has 1 heterocycles. The fourth-order valence-electron chi connectivity index (χ4n) is 2.75. The molecule has 0 saturated carbocycles. The van der Waals surface area contributed by atoms with Gasteiger partial charge in [0.1, 0.15) is 0 Å². The molecule has 26 heavy (non-hydrogen) atoms. The standard InChI is InChI=1S/C22H37N3O/c1-2-3-4-5-6-7-8-9-10-11-12-13-14-15-16-22(26)24-18-17-21-19-23-20-25-21/h5-6,8-9,19-20H,2-4,7,10-18H2,1H3,(H,23,25)(H,24,26)/b6-5-,9-8-. The number of carbonyl (C=O) groups excluding carboxylic acids is 1. The molecule has 1 amide bonds. The Bertz CT molecular complexity index is 491. The zero-order chi connectivity index (χ0) is 18.7. The third-order valence-corrected chi connectivity index (χ3v) is 4.38. The molecule has 0 unspecified atom stereocenters. The normalized spacial score (nSPS) is 11.6. The zero-order valence-corrected chi connectivity index (χ0v) is 16.5. The van der Waals surface area contributed by atoms with E-state index in [-0.39, 0.29) is 5.91 Å². The first kappa shape index (κ1) is 22.2. The van der Waals surface area contributed by atoms with Crippen LogP contribution >= 0.6 is 0 Å². The summed E-state index contributed by atoms with van der Waals surface area (Å²) < 4.78 is 0. The summed E-state index contributed by atoms with van der Waals surface area (Å²) in [5.74, 6) is 0.166. The average molecular weight is 360 g/mol. The van der Waals surface area contributed by atoms with E-state index >= 15 is 0 Å². The molecule has 0 radical (unpaired) electrons. The Hall–Kier alpha value is -1.84. The zero-order valence-electron chi connectivity index (χ0n) is 16.5. The lowest BCUT2D eigenvalue weighted by Crippen LogP contribution is -2.25. The van der Waals surface area contributed by atoms with E-state index in [0.29, 0.717) is 13.0 Å². The summed E-state index contributed by atoms with van der Waals surface area (Å²) in [5, 5.41) is 2.97. The average Bonchev–Trinajstić information content (AvgIpc) is 3.15. The van der Waals surface area contributed by atoms with Crippen molar-refractivity contribution in [2.24, 2.45) is 0 Å². The Morgan fingerprint density at radius 1 is 1.04 bits per heavy atom. The number of aromatic amines is 1. The molecular weight excluding hydrogens is 322 g/mol. The largest absolute Gasteiger partial charge is 0.356 e. The van der Waals surface area contributed by atoms with Crippen LogP contribution in [0.5, 0.6) is 0 Å². The van der Waals surface area contributed by atoms with E-state index in [0.717, 1.165) is 31.4 Å². The minimum Gasteiger partial charge on any atom is -0.356 e.